The van der Waals surface area contributed by atoms with Gasteiger partial charge in [-0.2, -0.15) is 0 Å². The van der Waals surface area contributed by atoms with Crippen molar-refractivity contribution in [2.45, 2.75) is 19.9 Å². The molecule has 0 fully saturated rings. The van der Waals surface area contributed by atoms with Crippen molar-refractivity contribution in [1.29, 1.82) is 0 Å². The predicted molar refractivity (Wildman–Crippen MR) is 76.9 cm³/mol. The van der Waals surface area contributed by atoms with Gasteiger partial charge in [0.2, 0.25) is 5.91 Å². The number of carbonyl (C=O) groups excluding carboxylic acids is 2. The van der Waals surface area contributed by atoms with Crippen LogP contribution in [0.4, 0.5) is 0 Å². The molecular formula is C15H17NO6. The van der Waals surface area contributed by atoms with Crippen molar-refractivity contribution in [3.63, 3.8) is 0 Å². The Labute approximate surface area is 127 Å². The van der Waals surface area contributed by atoms with Gasteiger partial charge in [0.25, 0.3) is 0 Å². The number of carbonyl (C=O) groups is 3. The molecule has 0 saturated carbocycles. The second kappa shape index (κ2) is 8.46. The van der Waals surface area contributed by atoms with Crippen molar-refractivity contribution in [3.05, 3.63) is 41.7 Å². The maximum atomic E-state index is 11.8. The molecule has 22 heavy (non-hydrogen) atoms. The number of esters is 1. The molecule has 0 radical (unpaired) electrons. The summed E-state index contributed by atoms with van der Waals surface area (Å²) in [6.45, 7) is 1.40. The highest BCUT2D eigenvalue weighted by Crippen LogP contribution is 2.11. The molecule has 1 aromatic carbocycles. The molecule has 1 rings (SSSR count). The van der Waals surface area contributed by atoms with E-state index in [2.05, 4.69) is 10.1 Å². The summed E-state index contributed by atoms with van der Waals surface area (Å²) in [6.07, 6.45) is 0.358. The molecular weight excluding hydrogens is 290 g/mol. The third-order valence-electron chi connectivity index (χ3n) is 2.54. The van der Waals surface area contributed by atoms with E-state index in [0.29, 0.717) is 11.8 Å². The van der Waals surface area contributed by atoms with Crippen molar-refractivity contribution < 1.29 is 29.0 Å². The fourth-order valence-corrected chi connectivity index (χ4v) is 1.60. The van der Waals surface area contributed by atoms with Crippen LogP contribution in [0.25, 0.3) is 0 Å². The first-order valence-corrected chi connectivity index (χ1v) is 6.42. The Bertz CT molecular complexity index is 576. The van der Waals surface area contributed by atoms with E-state index in [1.165, 1.54) is 0 Å². The van der Waals surface area contributed by atoms with E-state index in [9.17, 15) is 14.4 Å². The molecule has 7 heteroatoms. The van der Waals surface area contributed by atoms with E-state index in [0.717, 1.165) is 12.5 Å². The van der Waals surface area contributed by atoms with Crippen LogP contribution in [0.15, 0.2) is 36.1 Å². The van der Waals surface area contributed by atoms with Crippen LogP contribution in [0.3, 0.4) is 0 Å². The average molecular weight is 307 g/mol. The van der Waals surface area contributed by atoms with E-state index in [1.54, 1.807) is 31.4 Å². The molecule has 0 atom stereocenters. The number of amides is 1. The van der Waals surface area contributed by atoms with Crippen LogP contribution in [-0.4, -0.2) is 30.1 Å². The number of carboxylic acid groups (broad SMARTS) is 1. The Morgan fingerprint density at radius 2 is 1.86 bits per heavy atom. The van der Waals surface area contributed by atoms with Crippen LogP contribution in [0.5, 0.6) is 5.75 Å². The Balaban J connectivity index is 2.55. The molecule has 0 heterocycles. The van der Waals surface area contributed by atoms with Crippen LogP contribution >= 0.6 is 0 Å². The Morgan fingerprint density at radius 3 is 2.36 bits per heavy atom. The molecule has 0 saturated heterocycles. The number of benzene rings is 1. The van der Waals surface area contributed by atoms with Gasteiger partial charge in [0.15, 0.2) is 0 Å². The number of hydrogen-bond donors (Lipinski definition) is 2. The summed E-state index contributed by atoms with van der Waals surface area (Å²) >= 11 is 0. The number of rotatable bonds is 7. The van der Waals surface area contributed by atoms with Gasteiger partial charge in [-0.15, -0.1) is 0 Å². The average Bonchev–Trinajstić information content (AvgIpc) is 2.44. The van der Waals surface area contributed by atoms with Gasteiger partial charge >= 0.3 is 11.9 Å². The minimum absolute atomic E-state index is 0.216. The van der Waals surface area contributed by atoms with Gasteiger partial charge < -0.3 is 19.9 Å². The molecule has 0 bridgehead atoms. The number of carboxylic acids is 1. The Kier molecular flexibility index (Phi) is 6.62. The predicted octanol–water partition coefficient (Wildman–Crippen LogP) is 1.23. The van der Waals surface area contributed by atoms with Gasteiger partial charge in [-0.1, -0.05) is 12.1 Å². The van der Waals surface area contributed by atoms with E-state index < -0.39 is 17.8 Å². The van der Waals surface area contributed by atoms with Crippen molar-refractivity contribution in [2.75, 3.05) is 7.11 Å². The summed E-state index contributed by atoms with van der Waals surface area (Å²) in [5.74, 6) is -1.94. The van der Waals surface area contributed by atoms with E-state index in [-0.39, 0.29) is 18.7 Å². The number of nitrogens with one attached hydrogen (secondary N) is 1. The normalized spacial score (nSPS) is 10.7. The van der Waals surface area contributed by atoms with Gasteiger partial charge in [0.05, 0.1) is 19.6 Å². The fourth-order valence-electron chi connectivity index (χ4n) is 1.60. The highest BCUT2D eigenvalue weighted by molar-refractivity contribution is 5.85. The summed E-state index contributed by atoms with van der Waals surface area (Å²) in [4.78, 5) is 33.2. The van der Waals surface area contributed by atoms with Gasteiger partial charge in [-0.05, 0) is 17.7 Å². The third kappa shape index (κ3) is 6.56. The second-order valence-electron chi connectivity index (χ2n) is 4.34. The maximum Gasteiger partial charge on any atom is 0.331 e. The summed E-state index contributed by atoms with van der Waals surface area (Å²) in [6, 6.07) is 7.10. The van der Waals surface area contributed by atoms with E-state index in [1.807, 2.05) is 0 Å². The minimum Gasteiger partial charge on any atom is -0.497 e. The summed E-state index contributed by atoms with van der Waals surface area (Å²) in [7, 11) is 1.56. The molecule has 1 amide bonds. The molecule has 0 unspecified atom stereocenters. The summed E-state index contributed by atoms with van der Waals surface area (Å²) < 4.78 is 9.70. The van der Waals surface area contributed by atoms with Gasteiger partial charge in [0, 0.05) is 13.5 Å². The molecule has 0 aliphatic carbocycles. The third-order valence-corrected chi connectivity index (χ3v) is 2.54. The van der Waals surface area contributed by atoms with Crippen molar-refractivity contribution in [3.8, 4) is 5.75 Å². The zero-order valence-corrected chi connectivity index (χ0v) is 12.3. The largest absolute Gasteiger partial charge is 0.497 e. The zero-order chi connectivity index (χ0) is 16.5. The van der Waals surface area contributed by atoms with Crippen LogP contribution < -0.4 is 10.1 Å². The first kappa shape index (κ1) is 17.2. The van der Waals surface area contributed by atoms with Crippen molar-refractivity contribution in [1.82, 2.24) is 5.32 Å². The molecule has 0 aliphatic heterocycles. The number of hydrogen-bond acceptors (Lipinski definition) is 5. The van der Waals surface area contributed by atoms with Gasteiger partial charge in [0.1, 0.15) is 11.5 Å². The highest BCUT2D eigenvalue weighted by atomic mass is 16.5. The number of aliphatic carboxylic acids is 1. The quantitative estimate of drug-likeness (QED) is 0.446. The summed E-state index contributed by atoms with van der Waals surface area (Å²) in [5, 5.41) is 11.3. The number of ether oxygens (including phenoxy) is 2. The highest BCUT2D eigenvalue weighted by Gasteiger charge is 2.11. The van der Waals surface area contributed by atoms with Crippen molar-refractivity contribution in [2.24, 2.45) is 0 Å². The van der Waals surface area contributed by atoms with Crippen LogP contribution in [-0.2, 0) is 25.7 Å². The standard InChI is InChI=1S/C15H17NO6/c1-10(17)22-13(8-15(19)20)7-14(18)16-9-11-3-5-12(21-2)6-4-11/h3-6,8H,7,9H2,1-2H3,(H,16,18)(H,19,20)/b13-8-. The topological polar surface area (TPSA) is 102 Å². The lowest BCUT2D eigenvalue weighted by Crippen LogP contribution is -2.24. The zero-order valence-electron chi connectivity index (χ0n) is 12.3. The molecule has 0 spiro atoms. The first-order valence-electron chi connectivity index (χ1n) is 6.42. The molecule has 2 N–H and O–H groups in total. The molecule has 1 aromatic rings. The summed E-state index contributed by atoms with van der Waals surface area (Å²) in [5.41, 5.74) is 0.852. The van der Waals surface area contributed by atoms with Gasteiger partial charge in [-0.3, -0.25) is 9.59 Å². The van der Waals surface area contributed by atoms with Crippen LogP contribution in [0.2, 0.25) is 0 Å². The van der Waals surface area contributed by atoms with E-state index in [4.69, 9.17) is 9.84 Å². The Hall–Kier alpha value is -2.83. The molecule has 118 valence electrons. The lowest BCUT2D eigenvalue weighted by molar-refractivity contribution is -0.137. The fraction of sp³-hybridized carbons (Fsp3) is 0.267. The lowest BCUT2D eigenvalue weighted by Gasteiger charge is -2.08. The first-order chi connectivity index (χ1) is 10.4. The van der Waals surface area contributed by atoms with Crippen LogP contribution in [0, 0.1) is 0 Å². The SMILES string of the molecule is COc1ccc(CNC(=O)C/C(=C/C(=O)O)OC(C)=O)cc1. The smallest absolute Gasteiger partial charge is 0.331 e. The Morgan fingerprint density at radius 1 is 1.23 bits per heavy atom. The van der Waals surface area contributed by atoms with E-state index >= 15 is 0 Å². The van der Waals surface area contributed by atoms with Crippen LogP contribution in [0.1, 0.15) is 18.9 Å². The molecule has 0 aromatic heterocycles. The molecule has 7 nitrogen and oxygen atoms in total. The maximum absolute atomic E-state index is 11.8. The lowest BCUT2D eigenvalue weighted by atomic mass is 10.2. The van der Waals surface area contributed by atoms with Gasteiger partial charge in [-0.25, -0.2) is 4.79 Å². The minimum atomic E-state index is -1.29. The number of methoxy groups -OCH3 is 1. The monoisotopic (exact) mass is 307 g/mol. The van der Waals surface area contributed by atoms with Crippen molar-refractivity contribution >= 4 is 17.8 Å². The second-order valence-corrected chi connectivity index (χ2v) is 4.34. The molecule has 0 aliphatic rings.